The van der Waals surface area contributed by atoms with E-state index < -0.39 is 11.6 Å². The number of rotatable bonds is 3. The van der Waals surface area contributed by atoms with Gasteiger partial charge in [-0.05, 0) is 37.1 Å². The third-order valence-electron chi connectivity index (χ3n) is 1.71. The molecule has 0 saturated carbocycles. The van der Waals surface area contributed by atoms with E-state index in [1.54, 1.807) is 0 Å². The lowest BCUT2D eigenvalue weighted by Gasteiger charge is -2.02. The van der Waals surface area contributed by atoms with Crippen molar-refractivity contribution in [2.45, 2.75) is 12.8 Å². The molecule has 0 amide bonds. The summed E-state index contributed by atoms with van der Waals surface area (Å²) in [5.41, 5.74) is 5.96. The van der Waals surface area contributed by atoms with Crippen LogP contribution in [0.1, 0.15) is 12.0 Å². The molecule has 1 aromatic carbocycles. The predicted octanol–water partition coefficient (Wildman–Crippen LogP) is 2.51. The zero-order valence-corrected chi connectivity index (χ0v) is 7.74. The Kier molecular flexibility index (Phi) is 3.63. The van der Waals surface area contributed by atoms with E-state index in [-0.39, 0.29) is 5.02 Å². The Balaban J connectivity index is 2.86. The Morgan fingerprint density at radius 1 is 1.31 bits per heavy atom. The Labute approximate surface area is 80.5 Å². The minimum Gasteiger partial charge on any atom is -0.330 e. The fraction of sp³-hybridized carbons (Fsp3) is 0.333. The van der Waals surface area contributed by atoms with Crippen molar-refractivity contribution in [2.24, 2.45) is 5.73 Å². The summed E-state index contributed by atoms with van der Waals surface area (Å²) >= 11 is 5.45. The maximum absolute atomic E-state index is 12.8. The third kappa shape index (κ3) is 2.64. The molecular weight excluding hydrogens is 196 g/mol. The molecule has 0 heterocycles. The first kappa shape index (κ1) is 10.4. The first-order valence-corrected chi connectivity index (χ1v) is 4.36. The molecule has 4 heteroatoms. The number of benzene rings is 1. The summed E-state index contributed by atoms with van der Waals surface area (Å²) in [5, 5.41) is -0.174. The highest BCUT2D eigenvalue weighted by atomic mass is 35.5. The van der Waals surface area contributed by atoms with Crippen molar-refractivity contribution in [1.82, 2.24) is 0 Å². The quantitative estimate of drug-likeness (QED) is 0.754. The van der Waals surface area contributed by atoms with Crippen molar-refractivity contribution < 1.29 is 8.78 Å². The van der Waals surface area contributed by atoms with Crippen molar-refractivity contribution in [3.8, 4) is 0 Å². The van der Waals surface area contributed by atoms with E-state index in [2.05, 4.69) is 0 Å². The van der Waals surface area contributed by atoms with Gasteiger partial charge < -0.3 is 5.73 Å². The molecule has 0 bridgehead atoms. The van der Waals surface area contributed by atoms with Gasteiger partial charge in [-0.25, -0.2) is 8.78 Å². The summed E-state index contributed by atoms with van der Waals surface area (Å²) in [6, 6.07) is 2.58. The van der Waals surface area contributed by atoms with Crippen LogP contribution in [0, 0.1) is 11.6 Å². The van der Waals surface area contributed by atoms with Gasteiger partial charge in [-0.2, -0.15) is 0 Å². The van der Waals surface area contributed by atoms with Crippen molar-refractivity contribution in [2.75, 3.05) is 6.54 Å². The van der Waals surface area contributed by atoms with Crippen LogP contribution < -0.4 is 5.73 Å². The molecule has 0 aliphatic heterocycles. The second-order valence-electron chi connectivity index (χ2n) is 2.77. The molecule has 0 atom stereocenters. The largest absolute Gasteiger partial charge is 0.330 e. The zero-order chi connectivity index (χ0) is 9.84. The topological polar surface area (TPSA) is 26.0 Å². The molecule has 0 aromatic heterocycles. The van der Waals surface area contributed by atoms with Gasteiger partial charge in [0.2, 0.25) is 0 Å². The molecule has 0 unspecified atom stereocenters. The predicted molar refractivity (Wildman–Crippen MR) is 48.7 cm³/mol. The molecule has 1 nitrogen and oxygen atoms in total. The number of hydrogen-bond acceptors (Lipinski definition) is 1. The summed E-state index contributed by atoms with van der Waals surface area (Å²) in [6.45, 7) is 0.524. The Hall–Kier alpha value is -0.670. The third-order valence-corrected chi connectivity index (χ3v) is 1.99. The molecule has 0 radical (unpaired) electrons. The number of halogens is 3. The van der Waals surface area contributed by atoms with Gasteiger partial charge >= 0.3 is 0 Å². The smallest absolute Gasteiger partial charge is 0.177 e. The summed E-state index contributed by atoms with van der Waals surface area (Å²) < 4.78 is 25.5. The fourth-order valence-electron chi connectivity index (χ4n) is 1.06. The number of aryl methyl sites for hydroxylation is 1. The first-order valence-electron chi connectivity index (χ1n) is 3.98. The maximum Gasteiger partial charge on any atom is 0.177 e. The second-order valence-corrected chi connectivity index (χ2v) is 3.17. The van der Waals surface area contributed by atoms with Gasteiger partial charge in [-0.3, -0.25) is 0 Å². The van der Waals surface area contributed by atoms with Gasteiger partial charge in [0.1, 0.15) is 0 Å². The van der Waals surface area contributed by atoms with Crippen LogP contribution in [-0.4, -0.2) is 6.54 Å². The zero-order valence-electron chi connectivity index (χ0n) is 6.99. The minimum absolute atomic E-state index is 0.174. The molecule has 0 spiro atoms. The Morgan fingerprint density at radius 2 is 2.00 bits per heavy atom. The van der Waals surface area contributed by atoms with E-state index in [0.29, 0.717) is 18.5 Å². The van der Waals surface area contributed by atoms with Gasteiger partial charge in [0.25, 0.3) is 0 Å². The molecule has 0 aliphatic carbocycles. The van der Waals surface area contributed by atoms with Crippen LogP contribution in [0.3, 0.4) is 0 Å². The summed E-state index contributed by atoms with van der Waals surface area (Å²) in [7, 11) is 0. The van der Waals surface area contributed by atoms with Crippen LogP contribution in [0.25, 0.3) is 0 Å². The molecule has 13 heavy (non-hydrogen) atoms. The van der Waals surface area contributed by atoms with Crippen LogP contribution in [0.15, 0.2) is 12.1 Å². The van der Waals surface area contributed by atoms with E-state index >= 15 is 0 Å². The van der Waals surface area contributed by atoms with Crippen LogP contribution in [0.4, 0.5) is 8.78 Å². The van der Waals surface area contributed by atoms with Crippen molar-refractivity contribution in [3.63, 3.8) is 0 Å². The number of hydrogen-bond donors (Lipinski definition) is 1. The van der Waals surface area contributed by atoms with Crippen molar-refractivity contribution in [3.05, 3.63) is 34.4 Å². The van der Waals surface area contributed by atoms with E-state index in [9.17, 15) is 8.78 Å². The van der Waals surface area contributed by atoms with Crippen LogP contribution in [-0.2, 0) is 6.42 Å². The second kappa shape index (κ2) is 4.53. The van der Waals surface area contributed by atoms with Gasteiger partial charge in [-0.15, -0.1) is 0 Å². The Morgan fingerprint density at radius 3 is 2.54 bits per heavy atom. The molecule has 0 aliphatic rings. The molecule has 2 N–H and O–H groups in total. The Bertz CT molecular complexity index is 279. The average Bonchev–Trinajstić information content (AvgIpc) is 2.10. The fourth-order valence-corrected chi connectivity index (χ4v) is 1.29. The van der Waals surface area contributed by atoms with E-state index in [1.165, 1.54) is 6.07 Å². The summed E-state index contributed by atoms with van der Waals surface area (Å²) in [5.74, 6) is -1.89. The van der Waals surface area contributed by atoms with Crippen LogP contribution in [0.2, 0.25) is 5.02 Å². The lowest BCUT2D eigenvalue weighted by molar-refractivity contribution is 0.507. The molecule has 1 rings (SSSR count). The van der Waals surface area contributed by atoms with E-state index in [1.807, 2.05) is 0 Å². The van der Waals surface area contributed by atoms with Crippen LogP contribution >= 0.6 is 11.6 Å². The molecular formula is C9H10ClF2N. The summed E-state index contributed by atoms with van der Waals surface area (Å²) in [6.07, 6.45) is 1.36. The lowest BCUT2D eigenvalue weighted by atomic mass is 10.1. The van der Waals surface area contributed by atoms with Gasteiger partial charge in [-0.1, -0.05) is 11.6 Å². The highest BCUT2D eigenvalue weighted by Gasteiger charge is 2.08. The monoisotopic (exact) mass is 205 g/mol. The minimum atomic E-state index is -0.988. The van der Waals surface area contributed by atoms with E-state index in [0.717, 1.165) is 12.5 Å². The average molecular weight is 206 g/mol. The highest BCUT2D eigenvalue weighted by molar-refractivity contribution is 6.30. The van der Waals surface area contributed by atoms with Crippen molar-refractivity contribution in [1.29, 1.82) is 0 Å². The highest BCUT2D eigenvalue weighted by Crippen LogP contribution is 2.20. The van der Waals surface area contributed by atoms with Gasteiger partial charge in [0, 0.05) is 0 Å². The molecule has 0 fully saturated rings. The van der Waals surface area contributed by atoms with Gasteiger partial charge in [0.15, 0.2) is 11.6 Å². The van der Waals surface area contributed by atoms with Gasteiger partial charge in [0.05, 0.1) is 5.02 Å². The molecule has 0 saturated heterocycles. The first-order chi connectivity index (χ1) is 6.15. The lowest BCUT2D eigenvalue weighted by Crippen LogP contribution is -2.01. The normalized spacial score (nSPS) is 10.5. The molecule has 1 aromatic rings. The van der Waals surface area contributed by atoms with Crippen LogP contribution in [0.5, 0.6) is 0 Å². The maximum atomic E-state index is 12.8. The van der Waals surface area contributed by atoms with Crippen molar-refractivity contribution >= 4 is 11.6 Å². The summed E-state index contributed by atoms with van der Waals surface area (Å²) in [4.78, 5) is 0. The standard InChI is InChI=1S/C9H10ClF2N/c10-7-4-6(2-1-3-13)5-8(11)9(7)12/h4-5H,1-3,13H2. The SMILES string of the molecule is NCCCc1cc(F)c(F)c(Cl)c1. The molecule has 72 valence electrons. The van der Waals surface area contributed by atoms with E-state index in [4.69, 9.17) is 17.3 Å². The number of nitrogens with two attached hydrogens (primary N) is 1.